The third-order valence-electron chi connectivity index (χ3n) is 4.70. The molecule has 0 aliphatic carbocycles. The summed E-state index contributed by atoms with van der Waals surface area (Å²) in [6.45, 7) is 3.77. The first kappa shape index (κ1) is 19.1. The van der Waals surface area contributed by atoms with Crippen LogP contribution in [0, 0.1) is 24.0 Å². The Bertz CT molecular complexity index is 1020. The first-order valence-corrected chi connectivity index (χ1v) is 8.71. The number of hydrogen-bond acceptors (Lipinski definition) is 4. The van der Waals surface area contributed by atoms with Crippen LogP contribution in [0.2, 0.25) is 0 Å². The summed E-state index contributed by atoms with van der Waals surface area (Å²) in [7, 11) is 1.65. The van der Waals surface area contributed by atoms with Crippen molar-refractivity contribution < 1.29 is 14.8 Å². The molecule has 0 unspecified atom stereocenters. The number of anilines is 1. The molecule has 0 heterocycles. The van der Waals surface area contributed by atoms with Crippen LogP contribution in [-0.4, -0.2) is 23.0 Å². The Kier molecular flexibility index (Phi) is 5.13. The molecule has 0 atom stereocenters. The summed E-state index contributed by atoms with van der Waals surface area (Å²) in [6.07, 6.45) is 0. The van der Waals surface area contributed by atoms with Crippen LogP contribution >= 0.6 is 0 Å². The normalized spacial score (nSPS) is 10.5. The van der Waals surface area contributed by atoms with Gasteiger partial charge in [0.1, 0.15) is 5.75 Å². The molecule has 3 aromatic carbocycles. The van der Waals surface area contributed by atoms with Crippen LogP contribution in [0.3, 0.4) is 0 Å². The SMILES string of the molecule is Cc1cc(-c2ccc(O)cc2)cc(C)c1C(=O)N(C)c1ccc([N+](=O)[O-])cc1. The fourth-order valence-corrected chi connectivity index (χ4v) is 3.20. The lowest BCUT2D eigenvalue weighted by Crippen LogP contribution is -2.27. The molecule has 3 rings (SSSR count). The van der Waals surface area contributed by atoms with Gasteiger partial charge in [-0.25, -0.2) is 0 Å². The number of carbonyl (C=O) groups is 1. The van der Waals surface area contributed by atoms with E-state index in [4.69, 9.17) is 0 Å². The van der Waals surface area contributed by atoms with Gasteiger partial charge in [0, 0.05) is 30.4 Å². The van der Waals surface area contributed by atoms with Crippen LogP contribution in [0.25, 0.3) is 11.1 Å². The standard InChI is InChI=1S/C22H20N2O4/c1-14-12-17(16-4-10-20(25)11-5-16)13-15(2)21(14)22(26)23(3)18-6-8-19(9-7-18)24(27)28/h4-13,25H,1-3H3. The molecule has 0 radical (unpaired) electrons. The van der Waals surface area contributed by atoms with Gasteiger partial charge in [0.05, 0.1) is 4.92 Å². The maximum Gasteiger partial charge on any atom is 0.269 e. The predicted octanol–water partition coefficient (Wildman–Crippen LogP) is 4.86. The molecular formula is C22H20N2O4. The number of phenols is 1. The summed E-state index contributed by atoms with van der Waals surface area (Å²) in [5.41, 5.74) is 4.75. The second-order valence-corrected chi connectivity index (χ2v) is 6.67. The van der Waals surface area contributed by atoms with Crippen molar-refractivity contribution in [1.82, 2.24) is 0 Å². The van der Waals surface area contributed by atoms with E-state index in [0.29, 0.717) is 11.3 Å². The number of carbonyl (C=O) groups excluding carboxylic acids is 1. The van der Waals surface area contributed by atoms with Gasteiger partial charge in [-0.3, -0.25) is 14.9 Å². The van der Waals surface area contributed by atoms with E-state index in [2.05, 4.69) is 0 Å². The number of phenolic OH excluding ortho intramolecular Hbond substituents is 1. The lowest BCUT2D eigenvalue weighted by molar-refractivity contribution is -0.384. The minimum atomic E-state index is -0.470. The van der Waals surface area contributed by atoms with Gasteiger partial charge < -0.3 is 10.0 Å². The number of nitrogens with zero attached hydrogens (tertiary/aromatic N) is 2. The minimum Gasteiger partial charge on any atom is -0.508 e. The molecule has 0 fully saturated rings. The number of hydrogen-bond donors (Lipinski definition) is 1. The van der Waals surface area contributed by atoms with Gasteiger partial charge in [-0.05, 0) is 60.4 Å². The van der Waals surface area contributed by atoms with Gasteiger partial charge in [-0.2, -0.15) is 0 Å². The van der Waals surface area contributed by atoms with Gasteiger partial charge in [0.25, 0.3) is 11.6 Å². The van der Waals surface area contributed by atoms with Crippen molar-refractivity contribution in [1.29, 1.82) is 0 Å². The Morgan fingerprint density at radius 2 is 1.46 bits per heavy atom. The summed E-state index contributed by atoms with van der Waals surface area (Å²) in [6, 6.07) is 16.7. The summed E-state index contributed by atoms with van der Waals surface area (Å²) < 4.78 is 0. The van der Waals surface area contributed by atoms with Crippen LogP contribution in [0.15, 0.2) is 60.7 Å². The molecule has 0 bridgehead atoms. The molecule has 6 heteroatoms. The van der Waals surface area contributed by atoms with E-state index in [9.17, 15) is 20.0 Å². The molecule has 0 aliphatic heterocycles. The fourth-order valence-electron chi connectivity index (χ4n) is 3.20. The van der Waals surface area contributed by atoms with Crippen molar-refractivity contribution in [2.45, 2.75) is 13.8 Å². The van der Waals surface area contributed by atoms with Crippen molar-refractivity contribution in [3.05, 3.63) is 87.5 Å². The largest absolute Gasteiger partial charge is 0.508 e. The molecule has 28 heavy (non-hydrogen) atoms. The molecular weight excluding hydrogens is 356 g/mol. The Morgan fingerprint density at radius 1 is 0.929 bits per heavy atom. The summed E-state index contributed by atoms with van der Waals surface area (Å²) in [5.74, 6) is 0.0230. The highest BCUT2D eigenvalue weighted by molar-refractivity contribution is 6.08. The van der Waals surface area contributed by atoms with Crippen molar-refractivity contribution in [3.63, 3.8) is 0 Å². The summed E-state index contributed by atoms with van der Waals surface area (Å²) in [4.78, 5) is 24.9. The van der Waals surface area contributed by atoms with E-state index >= 15 is 0 Å². The number of nitro benzene ring substituents is 1. The van der Waals surface area contributed by atoms with E-state index in [1.807, 2.05) is 38.1 Å². The maximum atomic E-state index is 13.1. The van der Waals surface area contributed by atoms with Gasteiger partial charge >= 0.3 is 0 Å². The van der Waals surface area contributed by atoms with Gasteiger partial charge in [-0.1, -0.05) is 24.3 Å². The lowest BCUT2D eigenvalue weighted by atomic mass is 9.94. The van der Waals surface area contributed by atoms with Gasteiger partial charge in [0.2, 0.25) is 0 Å². The average Bonchev–Trinajstić information content (AvgIpc) is 2.67. The zero-order chi connectivity index (χ0) is 20.4. The highest BCUT2D eigenvalue weighted by Crippen LogP contribution is 2.28. The third kappa shape index (κ3) is 3.71. The molecule has 142 valence electrons. The zero-order valence-corrected chi connectivity index (χ0v) is 15.8. The number of amides is 1. The number of non-ortho nitro benzene ring substituents is 1. The molecule has 3 aromatic rings. The first-order valence-electron chi connectivity index (χ1n) is 8.71. The van der Waals surface area contributed by atoms with Crippen LogP contribution in [0.1, 0.15) is 21.5 Å². The van der Waals surface area contributed by atoms with E-state index in [0.717, 1.165) is 22.3 Å². The second kappa shape index (κ2) is 7.52. The highest BCUT2D eigenvalue weighted by atomic mass is 16.6. The minimum absolute atomic E-state index is 0.0183. The number of aryl methyl sites for hydroxylation is 2. The molecule has 0 saturated heterocycles. The van der Waals surface area contributed by atoms with Crippen molar-refractivity contribution in [2.75, 3.05) is 11.9 Å². The molecule has 0 saturated carbocycles. The molecule has 6 nitrogen and oxygen atoms in total. The Balaban J connectivity index is 1.93. The number of rotatable bonds is 4. The summed E-state index contributed by atoms with van der Waals surface area (Å²) >= 11 is 0. The molecule has 0 spiro atoms. The van der Waals surface area contributed by atoms with Crippen LogP contribution in [-0.2, 0) is 0 Å². The maximum absolute atomic E-state index is 13.1. The highest BCUT2D eigenvalue weighted by Gasteiger charge is 2.19. The monoisotopic (exact) mass is 376 g/mol. The van der Waals surface area contributed by atoms with E-state index in [1.165, 1.54) is 17.0 Å². The van der Waals surface area contributed by atoms with Crippen LogP contribution in [0.5, 0.6) is 5.75 Å². The zero-order valence-electron chi connectivity index (χ0n) is 15.8. The van der Waals surface area contributed by atoms with E-state index < -0.39 is 4.92 Å². The molecule has 1 N–H and O–H groups in total. The Hall–Kier alpha value is -3.67. The Morgan fingerprint density at radius 3 is 1.96 bits per heavy atom. The molecule has 1 amide bonds. The van der Waals surface area contributed by atoms with Crippen molar-refractivity contribution >= 4 is 17.3 Å². The number of nitro groups is 1. The smallest absolute Gasteiger partial charge is 0.269 e. The lowest BCUT2D eigenvalue weighted by Gasteiger charge is -2.20. The van der Waals surface area contributed by atoms with Crippen molar-refractivity contribution in [2.24, 2.45) is 0 Å². The molecule has 0 aromatic heterocycles. The van der Waals surface area contributed by atoms with Crippen LogP contribution in [0.4, 0.5) is 11.4 Å². The van der Waals surface area contributed by atoms with Gasteiger partial charge in [-0.15, -0.1) is 0 Å². The third-order valence-corrected chi connectivity index (χ3v) is 4.70. The Labute approximate surface area is 162 Å². The first-order chi connectivity index (χ1) is 13.3. The topological polar surface area (TPSA) is 83.7 Å². The van der Waals surface area contributed by atoms with E-state index in [1.54, 1.807) is 31.3 Å². The molecule has 0 aliphatic rings. The quantitative estimate of drug-likeness (QED) is 0.520. The predicted molar refractivity (Wildman–Crippen MR) is 109 cm³/mol. The van der Waals surface area contributed by atoms with E-state index in [-0.39, 0.29) is 17.3 Å². The van der Waals surface area contributed by atoms with Gasteiger partial charge in [0.15, 0.2) is 0 Å². The summed E-state index contributed by atoms with van der Waals surface area (Å²) in [5, 5.41) is 20.3. The average molecular weight is 376 g/mol. The number of aromatic hydroxyl groups is 1. The second-order valence-electron chi connectivity index (χ2n) is 6.67. The van der Waals surface area contributed by atoms with Crippen molar-refractivity contribution in [3.8, 4) is 16.9 Å². The fraction of sp³-hybridized carbons (Fsp3) is 0.136. The number of benzene rings is 3. The van der Waals surface area contributed by atoms with Crippen LogP contribution < -0.4 is 4.90 Å².